The largest absolute Gasteiger partial charge is 0.341 e. The molecule has 0 aromatic heterocycles. The van der Waals surface area contributed by atoms with Gasteiger partial charge in [-0.1, -0.05) is 35.9 Å². The zero-order chi connectivity index (χ0) is 13.1. The highest BCUT2D eigenvalue weighted by Crippen LogP contribution is 2.20. The minimum Gasteiger partial charge on any atom is -0.341 e. The quantitative estimate of drug-likeness (QED) is 0.851. The fraction of sp³-hybridized carbons (Fsp3) is 0.357. The van der Waals surface area contributed by atoms with E-state index in [2.05, 4.69) is 0 Å². The first kappa shape index (κ1) is 13.1. The van der Waals surface area contributed by atoms with Gasteiger partial charge in [-0.25, -0.2) is 0 Å². The second-order valence-electron chi connectivity index (χ2n) is 4.72. The van der Waals surface area contributed by atoms with E-state index in [9.17, 15) is 4.79 Å². The van der Waals surface area contributed by atoms with Gasteiger partial charge in [-0.2, -0.15) is 0 Å². The number of hydrogen-bond acceptors (Lipinski definition) is 2. The third-order valence-electron chi connectivity index (χ3n) is 3.12. The van der Waals surface area contributed by atoms with Crippen LogP contribution in [0, 0.1) is 5.92 Å². The van der Waals surface area contributed by atoms with Crippen molar-refractivity contribution in [2.45, 2.75) is 19.0 Å². The van der Waals surface area contributed by atoms with Crippen LogP contribution in [0.25, 0.3) is 0 Å². The lowest BCUT2D eigenvalue weighted by atomic mass is 10.1. The predicted molar refractivity (Wildman–Crippen MR) is 73.1 cm³/mol. The number of amides is 1. The van der Waals surface area contributed by atoms with Crippen molar-refractivity contribution in [1.82, 2.24) is 4.90 Å². The van der Waals surface area contributed by atoms with Crippen molar-refractivity contribution >= 4 is 17.5 Å². The molecule has 18 heavy (non-hydrogen) atoms. The fourth-order valence-corrected chi connectivity index (χ4v) is 2.39. The first-order valence-corrected chi connectivity index (χ1v) is 6.37. The van der Waals surface area contributed by atoms with Gasteiger partial charge in [0.05, 0.1) is 5.92 Å². The summed E-state index contributed by atoms with van der Waals surface area (Å²) in [5.74, 6) is 0.0309. The molecule has 0 spiro atoms. The van der Waals surface area contributed by atoms with Gasteiger partial charge >= 0.3 is 0 Å². The van der Waals surface area contributed by atoms with E-state index in [-0.39, 0.29) is 17.9 Å². The maximum atomic E-state index is 12.2. The highest BCUT2D eigenvalue weighted by molar-refractivity contribution is 6.30. The summed E-state index contributed by atoms with van der Waals surface area (Å²) in [5, 5.41) is 0.691. The molecule has 1 aromatic rings. The molecular weight excluding hydrogens is 248 g/mol. The van der Waals surface area contributed by atoms with E-state index in [4.69, 9.17) is 17.3 Å². The summed E-state index contributed by atoms with van der Waals surface area (Å²) < 4.78 is 0. The Morgan fingerprint density at radius 2 is 2.28 bits per heavy atom. The third kappa shape index (κ3) is 3.12. The Labute approximate surface area is 112 Å². The predicted octanol–water partition coefficient (Wildman–Crippen LogP) is 2.20. The van der Waals surface area contributed by atoms with Crippen LogP contribution in [0.2, 0.25) is 5.02 Å². The van der Waals surface area contributed by atoms with Crippen molar-refractivity contribution in [2.75, 3.05) is 7.05 Å². The first-order valence-electron chi connectivity index (χ1n) is 5.99. The average molecular weight is 265 g/mol. The molecule has 1 aromatic carbocycles. The van der Waals surface area contributed by atoms with Crippen LogP contribution in [0.3, 0.4) is 0 Å². The number of benzene rings is 1. The lowest BCUT2D eigenvalue weighted by Crippen LogP contribution is -2.32. The molecule has 3 nitrogen and oxygen atoms in total. The maximum absolute atomic E-state index is 12.2. The number of carbonyl (C=O) groups excluding carboxylic acids is 1. The fourth-order valence-electron chi connectivity index (χ4n) is 2.18. The van der Waals surface area contributed by atoms with Gasteiger partial charge in [0, 0.05) is 24.7 Å². The van der Waals surface area contributed by atoms with Crippen molar-refractivity contribution in [3.05, 3.63) is 47.0 Å². The summed E-state index contributed by atoms with van der Waals surface area (Å²) in [4.78, 5) is 13.9. The summed E-state index contributed by atoms with van der Waals surface area (Å²) in [7, 11) is 1.81. The normalized spacial score (nSPS) is 22.2. The molecule has 1 aliphatic rings. The van der Waals surface area contributed by atoms with Gasteiger partial charge < -0.3 is 10.6 Å². The number of nitrogens with two attached hydrogens (primary N) is 1. The van der Waals surface area contributed by atoms with Crippen LogP contribution in [-0.2, 0) is 11.3 Å². The van der Waals surface area contributed by atoms with E-state index in [0.29, 0.717) is 18.0 Å². The lowest BCUT2D eigenvalue weighted by Gasteiger charge is -2.20. The van der Waals surface area contributed by atoms with Gasteiger partial charge in [0.25, 0.3) is 0 Å². The van der Waals surface area contributed by atoms with Gasteiger partial charge in [-0.3, -0.25) is 4.79 Å². The van der Waals surface area contributed by atoms with Crippen molar-refractivity contribution < 1.29 is 4.79 Å². The summed E-state index contributed by atoms with van der Waals surface area (Å²) in [6.45, 7) is 0.568. The van der Waals surface area contributed by atoms with Crippen molar-refractivity contribution in [3.8, 4) is 0 Å². The summed E-state index contributed by atoms with van der Waals surface area (Å²) in [6.07, 6.45) is 4.51. The highest BCUT2D eigenvalue weighted by atomic mass is 35.5. The summed E-state index contributed by atoms with van der Waals surface area (Å²) in [6, 6.07) is 7.57. The van der Waals surface area contributed by atoms with E-state index in [1.165, 1.54) is 0 Å². The van der Waals surface area contributed by atoms with Gasteiger partial charge in [-0.15, -0.1) is 0 Å². The molecule has 1 amide bonds. The molecule has 0 saturated heterocycles. The topological polar surface area (TPSA) is 46.3 Å². The zero-order valence-corrected chi connectivity index (χ0v) is 11.1. The average Bonchev–Trinajstić information content (AvgIpc) is 2.75. The van der Waals surface area contributed by atoms with Crippen molar-refractivity contribution in [1.29, 1.82) is 0 Å². The molecule has 4 heteroatoms. The van der Waals surface area contributed by atoms with Crippen LogP contribution < -0.4 is 5.73 Å². The third-order valence-corrected chi connectivity index (χ3v) is 3.35. The van der Waals surface area contributed by atoms with E-state index < -0.39 is 0 Å². The number of rotatable bonds is 3. The highest BCUT2D eigenvalue weighted by Gasteiger charge is 2.25. The number of halogens is 1. The smallest absolute Gasteiger partial charge is 0.229 e. The molecule has 0 aliphatic heterocycles. The molecule has 1 aliphatic carbocycles. The molecule has 0 heterocycles. The molecule has 2 unspecified atom stereocenters. The van der Waals surface area contributed by atoms with Crippen LogP contribution >= 0.6 is 11.6 Å². The standard InChI is InChI=1S/C14H17ClN2O/c1-17(9-10-3-2-4-12(15)7-10)14(18)11-5-6-13(16)8-11/h2-7,11,13H,8-9,16H2,1H3. The van der Waals surface area contributed by atoms with E-state index in [1.54, 1.807) is 11.9 Å². The second-order valence-corrected chi connectivity index (χ2v) is 5.15. The molecule has 96 valence electrons. The van der Waals surface area contributed by atoms with Crippen LogP contribution in [0.5, 0.6) is 0 Å². The Kier molecular flexibility index (Phi) is 4.04. The molecule has 0 radical (unpaired) electrons. The van der Waals surface area contributed by atoms with Gasteiger partial charge in [0.2, 0.25) is 5.91 Å². The van der Waals surface area contributed by atoms with Crippen LogP contribution in [0.1, 0.15) is 12.0 Å². The summed E-state index contributed by atoms with van der Waals surface area (Å²) >= 11 is 5.92. The minimum absolute atomic E-state index is 0.0125. The Morgan fingerprint density at radius 3 is 2.89 bits per heavy atom. The van der Waals surface area contributed by atoms with Crippen LogP contribution in [-0.4, -0.2) is 23.9 Å². The minimum atomic E-state index is -0.0795. The monoisotopic (exact) mass is 264 g/mol. The number of nitrogens with zero attached hydrogens (tertiary/aromatic N) is 1. The maximum Gasteiger partial charge on any atom is 0.229 e. The first-order chi connectivity index (χ1) is 8.56. The number of carbonyl (C=O) groups is 1. The van der Waals surface area contributed by atoms with E-state index in [1.807, 2.05) is 36.4 Å². The zero-order valence-electron chi connectivity index (χ0n) is 10.3. The Balaban J connectivity index is 1.97. The molecule has 2 rings (SSSR count). The second kappa shape index (κ2) is 5.55. The van der Waals surface area contributed by atoms with E-state index >= 15 is 0 Å². The van der Waals surface area contributed by atoms with Crippen molar-refractivity contribution in [2.24, 2.45) is 11.7 Å². The van der Waals surface area contributed by atoms with Crippen LogP contribution in [0.4, 0.5) is 0 Å². The molecule has 0 saturated carbocycles. The summed E-state index contributed by atoms with van der Waals surface area (Å²) in [5.41, 5.74) is 6.79. The molecule has 0 bridgehead atoms. The SMILES string of the molecule is CN(Cc1cccc(Cl)c1)C(=O)C1C=CC(N)C1. The molecule has 0 fully saturated rings. The van der Waals surface area contributed by atoms with Crippen molar-refractivity contribution in [3.63, 3.8) is 0 Å². The Bertz CT molecular complexity index is 473. The molecular formula is C14H17ClN2O. The number of hydrogen-bond donors (Lipinski definition) is 1. The lowest BCUT2D eigenvalue weighted by molar-refractivity contribution is -0.133. The molecule has 2 atom stereocenters. The molecule has 2 N–H and O–H groups in total. The Hall–Kier alpha value is -1.32. The van der Waals surface area contributed by atoms with E-state index in [0.717, 1.165) is 5.56 Å². The Morgan fingerprint density at radius 1 is 1.50 bits per heavy atom. The van der Waals surface area contributed by atoms with Gasteiger partial charge in [0.15, 0.2) is 0 Å². The van der Waals surface area contributed by atoms with Gasteiger partial charge in [-0.05, 0) is 24.1 Å². The van der Waals surface area contributed by atoms with Gasteiger partial charge in [0.1, 0.15) is 0 Å². The van der Waals surface area contributed by atoms with Crippen LogP contribution in [0.15, 0.2) is 36.4 Å².